The van der Waals surface area contributed by atoms with Gasteiger partial charge < -0.3 is 0 Å². The summed E-state index contributed by atoms with van der Waals surface area (Å²) < 4.78 is 13.4. The highest BCUT2D eigenvalue weighted by atomic mass is 19.1. The van der Waals surface area contributed by atoms with Crippen molar-refractivity contribution in [2.75, 3.05) is 0 Å². The zero-order valence-corrected chi connectivity index (χ0v) is 13.9. The molecule has 1 fully saturated rings. The van der Waals surface area contributed by atoms with Gasteiger partial charge in [0.1, 0.15) is 5.82 Å². The van der Waals surface area contributed by atoms with Gasteiger partial charge in [0.05, 0.1) is 0 Å². The molecule has 1 aromatic rings. The number of hydrogen-bond donors (Lipinski definition) is 0. The van der Waals surface area contributed by atoms with Crippen LogP contribution in [0.1, 0.15) is 75.8 Å². The Labute approximate surface area is 134 Å². The van der Waals surface area contributed by atoms with Crippen molar-refractivity contribution in [1.82, 2.24) is 0 Å². The fourth-order valence-corrected chi connectivity index (χ4v) is 4.32. The van der Waals surface area contributed by atoms with Crippen LogP contribution < -0.4 is 0 Å². The summed E-state index contributed by atoms with van der Waals surface area (Å²) in [5.41, 5.74) is 3.96. The molecule has 0 spiro atoms. The lowest BCUT2D eigenvalue weighted by atomic mass is 9.77. The van der Waals surface area contributed by atoms with Crippen molar-refractivity contribution in [3.63, 3.8) is 0 Å². The number of benzene rings is 1. The first-order valence-corrected chi connectivity index (χ1v) is 9.22. The first-order chi connectivity index (χ1) is 10.7. The SMILES string of the molecule is CCCC1CCC(CCC2=Cc3cc(F)ccc3CC2)CC1. The second kappa shape index (κ2) is 7.44. The molecule has 1 aromatic carbocycles. The van der Waals surface area contributed by atoms with Gasteiger partial charge in [0.2, 0.25) is 0 Å². The lowest BCUT2D eigenvalue weighted by molar-refractivity contribution is 0.252. The Hall–Kier alpha value is -1.11. The van der Waals surface area contributed by atoms with Crippen molar-refractivity contribution in [1.29, 1.82) is 0 Å². The molecule has 0 heterocycles. The van der Waals surface area contributed by atoms with Gasteiger partial charge in [0, 0.05) is 0 Å². The van der Waals surface area contributed by atoms with Crippen LogP contribution in [0.3, 0.4) is 0 Å². The Morgan fingerprint density at radius 2 is 1.73 bits per heavy atom. The minimum absolute atomic E-state index is 0.106. The molecule has 0 amide bonds. The van der Waals surface area contributed by atoms with Gasteiger partial charge in [-0.05, 0) is 60.8 Å². The van der Waals surface area contributed by atoms with E-state index in [1.807, 2.05) is 6.07 Å². The Morgan fingerprint density at radius 1 is 1.00 bits per heavy atom. The lowest BCUT2D eigenvalue weighted by Crippen LogP contribution is -2.14. The Bertz CT molecular complexity index is 521. The molecule has 1 heteroatoms. The van der Waals surface area contributed by atoms with Gasteiger partial charge in [-0.1, -0.05) is 63.2 Å². The predicted octanol–water partition coefficient (Wildman–Crippen LogP) is 6.54. The van der Waals surface area contributed by atoms with Crippen LogP contribution >= 0.6 is 0 Å². The van der Waals surface area contributed by atoms with Crippen molar-refractivity contribution in [2.45, 2.75) is 71.1 Å². The van der Waals surface area contributed by atoms with E-state index in [0.717, 1.165) is 23.8 Å². The largest absolute Gasteiger partial charge is 0.207 e. The average molecular weight is 300 g/mol. The van der Waals surface area contributed by atoms with Gasteiger partial charge in [-0.15, -0.1) is 0 Å². The van der Waals surface area contributed by atoms with Gasteiger partial charge in [-0.25, -0.2) is 4.39 Å². The molecule has 0 atom stereocenters. The second-order valence-corrected chi connectivity index (χ2v) is 7.36. The first kappa shape index (κ1) is 15.8. The number of aryl methyl sites for hydroxylation is 1. The molecular weight excluding hydrogens is 271 g/mol. The van der Waals surface area contributed by atoms with Crippen molar-refractivity contribution < 1.29 is 4.39 Å². The highest BCUT2D eigenvalue weighted by Gasteiger charge is 2.21. The molecule has 0 N–H and O–H groups in total. The number of fused-ring (bicyclic) bond motifs is 1. The molecule has 0 saturated heterocycles. The van der Waals surface area contributed by atoms with E-state index in [2.05, 4.69) is 13.0 Å². The maximum Gasteiger partial charge on any atom is 0.123 e. The fraction of sp³-hybridized carbons (Fsp3) is 0.619. The van der Waals surface area contributed by atoms with Gasteiger partial charge in [-0.3, -0.25) is 0 Å². The van der Waals surface area contributed by atoms with Crippen LogP contribution in [0.2, 0.25) is 0 Å². The molecule has 0 aromatic heterocycles. The molecule has 0 nitrogen and oxygen atoms in total. The zero-order valence-electron chi connectivity index (χ0n) is 13.9. The van der Waals surface area contributed by atoms with E-state index in [4.69, 9.17) is 0 Å². The molecule has 2 aliphatic rings. The van der Waals surface area contributed by atoms with E-state index in [-0.39, 0.29) is 5.82 Å². The molecule has 3 rings (SSSR count). The molecule has 0 unspecified atom stereocenters. The van der Waals surface area contributed by atoms with E-state index in [1.165, 1.54) is 68.9 Å². The normalized spacial score (nSPS) is 24.7. The number of hydrogen-bond acceptors (Lipinski definition) is 0. The summed E-state index contributed by atoms with van der Waals surface area (Å²) in [6.45, 7) is 2.31. The van der Waals surface area contributed by atoms with E-state index in [1.54, 1.807) is 12.1 Å². The summed E-state index contributed by atoms with van der Waals surface area (Å²) in [6, 6.07) is 5.24. The third-order valence-corrected chi connectivity index (χ3v) is 5.72. The quantitative estimate of drug-likeness (QED) is 0.579. The Kier molecular flexibility index (Phi) is 5.33. The second-order valence-electron chi connectivity index (χ2n) is 7.36. The van der Waals surface area contributed by atoms with Crippen LogP contribution in [0.5, 0.6) is 0 Å². The summed E-state index contributed by atoms with van der Waals surface area (Å²) in [7, 11) is 0. The van der Waals surface area contributed by atoms with Crippen LogP contribution in [0.15, 0.2) is 23.8 Å². The standard InChI is InChI=1S/C21H29F/c1-2-3-16-4-6-17(7-5-16)8-9-18-10-11-19-12-13-21(22)15-20(19)14-18/h12-17H,2-11H2,1H3. The molecule has 0 aliphatic heterocycles. The summed E-state index contributed by atoms with van der Waals surface area (Å²) in [4.78, 5) is 0. The maximum atomic E-state index is 13.4. The summed E-state index contributed by atoms with van der Waals surface area (Å²) in [6.07, 6.45) is 15.6. The van der Waals surface area contributed by atoms with Crippen LogP contribution in [0.25, 0.3) is 6.08 Å². The van der Waals surface area contributed by atoms with Crippen molar-refractivity contribution in [3.8, 4) is 0 Å². The van der Waals surface area contributed by atoms with Gasteiger partial charge in [-0.2, -0.15) is 0 Å². The molecular formula is C21H29F. The molecule has 0 radical (unpaired) electrons. The third kappa shape index (κ3) is 4.00. The Balaban J connectivity index is 1.50. The number of halogens is 1. The van der Waals surface area contributed by atoms with Gasteiger partial charge in [0.15, 0.2) is 0 Å². The van der Waals surface area contributed by atoms with Gasteiger partial charge in [0.25, 0.3) is 0 Å². The lowest BCUT2D eigenvalue weighted by Gasteiger charge is -2.29. The smallest absolute Gasteiger partial charge is 0.123 e. The summed E-state index contributed by atoms with van der Waals surface area (Å²) >= 11 is 0. The topological polar surface area (TPSA) is 0 Å². The fourth-order valence-electron chi connectivity index (χ4n) is 4.32. The zero-order chi connectivity index (χ0) is 15.4. The molecule has 1 saturated carbocycles. The number of allylic oxidation sites excluding steroid dienone is 1. The molecule has 0 bridgehead atoms. The molecule has 2 aliphatic carbocycles. The van der Waals surface area contributed by atoms with Crippen LogP contribution in [-0.2, 0) is 6.42 Å². The minimum Gasteiger partial charge on any atom is -0.207 e. The molecule has 22 heavy (non-hydrogen) atoms. The Morgan fingerprint density at radius 3 is 2.45 bits per heavy atom. The van der Waals surface area contributed by atoms with Crippen LogP contribution in [0.4, 0.5) is 4.39 Å². The first-order valence-electron chi connectivity index (χ1n) is 9.22. The number of rotatable bonds is 5. The average Bonchev–Trinajstić information content (AvgIpc) is 2.54. The summed E-state index contributed by atoms with van der Waals surface area (Å²) in [5.74, 6) is 1.83. The van der Waals surface area contributed by atoms with Crippen LogP contribution in [0, 0.1) is 17.7 Å². The van der Waals surface area contributed by atoms with Crippen LogP contribution in [-0.4, -0.2) is 0 Å². The van der Waals surface area contributed by atoms with E-state index in [9.17, 15) is 4.39 Å². The highest BCUT2D eigenvalue weighted by molar-refractivity contribution is 5.59. The maximum absolute atomic E-state index is 13.4. The third-order valence-electron chi connectivity index (χ3n) is 5.72. The van der Waals surface area contributed by atoms with Gasteiger partial charge >= 0.3 is 0 Å². The van der Waals surface area contributed by atoms with E-state index in [0.29, 0.717) is 0 Å². The van der Waals surface area contributed by atoms with Crippen molar-refractivity contribution in [3.05, 3.63) is 40.7 Å². The molecule has 120 valence electrons. The van der Waals surface area contributed by atoms with E-state index < -0.39 is 0 Å². The van der Waals surface area contributed by atoms with E-state index >= 15 is 0 Å². The summed E-state index contributed by atoms with van der Waals surface area (Å²) in [5, 5.41) is 0. The minimum atomic E-state index is -0.106. The van der Waals surface area contributed by atoms with Crippen molar-refractivity contribution in [2.24, 2.45) is 11.8 Å². The highest BCUT2D eigenvalue weighted by Crippen LogP contribution is 2.35. The monoisotopic (exact) mass is 300 g/mol. The van der Waals surface area contributed by atoms with Crippen molar-refractivity contribution >= 4 is 6.08 Å². The predicted molar refractivity (Wildman–Crippen MR) is 92.3 cm³/mol.